The Hall–Kier alpha value is -2.74. The van der Waals surface area contributed by atoms with Gasteiger partial charge in [-0.25, -0.2) is 4.39 Å². The van der Waals surface area contributed by atoms with Gasteiger partial charge in [-0.05, 0) is 37.9 Å². The van der Waals surface area contributed by atoms with E-state index < -0.39 is 6.61 Å². The predicted molar refractivity (Wildman–Crippen MR) is 104 cm³/mol. The maximum Gasteiger partial charge on any atom is 0.387 e. The molecule has 0 aliphatic heterocycles. The average Bonchev–Trinajstić information content (AvgIpc) is 2.64. The number of guanidine groups is 1. The second kappa shape index (κ2) is 10.6. The van der Waals surface area contributed by atoms with Crippen molar-refractivity contribution in [2.24, 2.45) is 4.99 Å². The van der Waals surface area contributed by atoms with Crippen LogP contribution in [0.3, 0.4) is 0 Å². The maximum atomic E-state index is 13.9. The highest BCUT2D eigenvalue weighted by Crippen LogP contribution is 2.20. The number of aliphatic imine (C=N–C) groups is 1. The first-order chi connectivity index (χ1) is 13.4. The van der Waals surface area contributed by atoms with Crippen LogP contribution in [-0.2, 0) is 19.6 Å². The largest absolute Gasteiger partial charge is 0.434 e. The number of rotatable bonds is 8. The summed E-state index contributed by atoms with van der Waals surface area (Å²) in [6.07, 6.45) is 0. The molecular weight excluding hydrogens is 369 g/mol. The lowest BCUT2D eigenvalue weighted by Crippen LogP contribution is -2.36. The molecule has 0 saturated heterocycles. The monoisotopic (exact) mass is 394 g/mol. The van der Waals surface area contributed by atoms with Crippen LogP contribution in [0.1, 0.15) is 16.7 Å². The molecule has 8 heteroatoms. The SMILES string of the molecule is CN=C(NCc1ccc(F)c(CN(C)C)c1)NCc1ccccc1OC(F)F. The number of benzene rings is 2. The highest BCUT2D eigenvalue weighted by atomic mass is 19.3. The van der Waals surface area contributed by atoms with Crippen molar-refractivity contribution in [1.82, 2.24) is 15.5 Å². The van der Waals surface area contributed by atoms with Crippen molar-refractivity contribution in [3.8, 4) is 5.75 Å². The van der Waals surface area contributed by atoms with E-state index in [0.717, 1.165) is 5.56 Å². The van der Waals surface area contributed by atoms with Crippen molar-refractivity contribution >= 4 is 5.96 Å². The molecule has 2 rings (SSSR count). The third-order valence-corrected chi connectivity index (χ3v) is 3.92. The molecule has 0 radical (unpaired) electrons. The van der Waals surface area contributed by atoms with Gasteiger partial charge >= 0.3 is 6.61 Å². The number of hydrogen-bond acceptors (Lipinski definition) is 3. The average molecular weight is 394 g/mol. The molecule has 28 heavy (non-hydrogen) atoms. The molecule has 0 atom stereocenters. The Morgan fingerprint density at radius 2 is 1.79 bits per heavy atom. The van der Waals surface area contributed by atoms with Crippen LogP contribution in [0, 0.1) is 5.82 Å². The molecule has 0 aliphatic rings. The van der Waals surface area contributed by atoms with Crippen LogP contribution in [0.15, 0.2) is 47.5 Å². The summed E-state index contributed by atoms with van der Waals surface area (Å²) in [5, 5.41) is 6.19. The Labute approximate surface area is 163 Å². The smallest absolute Gasteiger partial charge is 0.387 e. The molecular formula is C20H25F3N4O. The minimum atomic E-state index is -2.88. The van der Waals surface area contributed by atoms with Crippen LogP contribution in [0.2, 0.25) is 0 Å². The van der Waals surface area contributed by atoms with Crippen LogP contribution >= 0.6 is 0 Å². The highest BCUT2D eigenvalue weighted by molar-refractivity contribution is 5.79. The van der Waals surface area contributed by atoms with Gasteiger partial charge in [-0.1, -0.05) is 24.3 Å². The summed E-state index contributed by atoms with van der Waals surface area (Å²) in [6, 6.07) is 11.5. The zero-order valence-electron chi connectivity index (χ0n) is 16.2. The molecule has 5 nitrogen and oxygen atoms in total. The predicted octanol–water partition coefficient (Wildman–Crippen LogP) is 3.35. The number of para-hydroxylation sites is 1. The molecule has 0 aliphatic carbocycles. The van der Waals surface area contributed by atoms with Crippen LogP contribution in [0.4, 0.5) is 13.2 Å². The number of nitrogens with zero attached hydrogens (tertiary/aromatic N) is 2. The summed E-state index contributed by atoms with van der Waals surface area (Å²) < 4.78 is 43.4. The number of ether oxygens (including phenoxy) is 1. The first-order valence-corrected chi connectivity index (χ1v) is 8.78. The fourth-order valence-electron chi connectivity index (χ4n) is 2.65. The van der Waals surface area contributed by atoms with Crippen LogP contribution in [-0.4, -0.2) is 38.6 Å². The first-order valence-electron chi connectivity index (χ1n) is 8.78. The Bertz CT molecular complexity index is 797. The van der Waals surface area contributed by atoms with Gasteiger partial charge in [0.15, 0.2) is 5.96 Å². The second-order valence-corrected chi connectivity index (χ2v) is 6.43. The Morgan fingerprint density at radius 3 is 2.46 bits per heavy atom. The van der Waals surface area contributed by atoms with Gasteiger partial charge in [0, 0.05) is 37.8 Å². The van der Waals surface area contributed by atoms with Crippen LogP contribution < -0.4 is 15.4 Å². The summed E-state index contributed by atoms with van der Waals surface area (Å²) in [5.41, 5.74) is 2.11. The van der Waals surface area contributed by atoms with Crippen molar-refractivity contribution in [3.05, 3.63) is 65.0 Å². The van der Waals surface area contributed by atoms with E-state index in [2.05, 4.69) is 20.4 Å². The summed E-state index contributed by atoms with van der Waals surface area (Å²) in [4.78, 5) is 6.02. The Balaban J connectivity index is 1.96. The van der Waals surface area contributed by atoms with Gasteiger partial charge in [0.05, 0.1) is 0 Å². The van der Waals surface area contributed by atoms with E-state index in [9.17, 15) is 13.2 Å². The molecule has 152 valence electrons. The van der Waals surface area contributed by atoms with Crippen molar-refractivity contribution in [2.45, 2.75) is 26.2 Å². The molecule has 0 spiro atoms. The topological polar surface area (TPSA) is 48.9 Å². The maximum absolute atomic E-state index is 13.9. The molecule has 0 fully saturated rings. The van der Waals surface area contributed by atoms with Gasteiger partial charge in [0.25, 0.3) is 0 Å². The van der Waals surface area contributed by atoms with E-state index >= 15 is 0 Å². The molecule has 0 unspecified atom stereocenters. The van der Waals surface area contributed by atoms with Gasteiger partial charge < -0.3 is 20.3 Å². The van der Waals surface area contributed by atoms with Crippen molar-refractivity contribution in [2.75, 3.05) is 21.1 Å². The quantitative estimate of drug-likeness (QED) is 0.533. The van der Waals surface area contributed by atoms with Crippen molar-refractivity contribution in [3.63, 3.8) is 0 Å². The summed E-state index contributed by atoms with van der Waals surface area (Å²) in [6.45, 7) is -1.67. The van der Waals surface area contributed by atoms with E-state index in [1.54, 1.807) is 37.4 Å². The third kappa shape index (κ3) is 6.77. The van der Waals surface area contributed by atoms with Gasteiger partial charge in [0.1, 0.15) is 11.6 Å². The first kappa shape index (κ1) is 21.6. The molecule has 2 aromatic rings. The lowest BCUT2D eigenvalue weighted by molar-refractivity contribution is -0.0504. The standard InChI is InChI=1S/C20H25F3N4O/c1-24-20(26-12-15-6-4-5-7-18(15)28-19(22)23)25-11-14-8-9-17(21)16(10-14)13-27(2)3/h4-10,19H,11-13H2,1-3H3,(H2,24,25,26). The Morgan fingerprint density at radius 1 is 1.07 bits per heavy atom. The van der Waals surface area contributed by atoms with E-state index in [4.69, 9.17) is 0 Å². The van der Waals surface area contributed by atoms with Crippen LogP contribution in [0.5, 0.6) is 5.75 Å². The number of halogens is 3. The number of nitrogens with one attached hydrogen (secondary N) is 2. The van der Waals surface area contributed by atoms with E-state index in [1.165, 1.54) is 12.1 Å². The zero-order valence-corrected chi connectivity index (χ0v) is 16.2. The molecule has 0 heterocycles. The molecule has 0 saturated carbocycles. The van der Waals surface area contributed by atoms with E-state index in [-0.39, 0.29) is 18.1 Å². The van der Waals surface area contributed by atoms with Gasteiger partial charge in [-0.15, -0.1) is 0 Å². The summed E-state index contributed by atoms with van der Waals surface area (Å²) in [7, 11) is 5.37. The van der Waals surface area contributed by atoms with E-state index in [1.807, 2.05) is 19.0 Å². The molecule has 2 aromatic carbocycles. The number of hydrogen-bond donors (Lipinski definition) is 2. The fourth-order valence-corrected chi connectivity index (χ4v) is 2.65. The molecule has 0 aromatic heterocycles. The summed E-state index contributed by atoms with van der Waals surface area (Å²) in [5.74, 6) is 0.369. The normalized spacial score (nSPS) is 11.8. The van der Waals surface area contributed by atoms with Crippen molar-refractivity contribution < 1.29 is 17.9 Å². The third-order valence-electron chi connectivity index (χ3n) is 3.92. The minimum absolute atomic E-state index is 0.118. The van der Waals surface area contributed by atoms with Gasteiger partial charge in [-0.3, -0.25) is 4.99 Å². The molecule has 0 bridgehead atoms. The van der Waals surface area contributed by atoms with E-state index in [0.29, 0.717) is 30.2 Å². The fraction of sp³-hybridized carbons (Fsp3) is 0.350. The van der Waals surface area contributed by atoms with Gasteiger partial charge in [0.2, 0.25) is 0 Å². The summed E-state index contributed by atoms with van der Waals surface area (Å²) >= 11 is 0. The Kier molecular flexibility index (Phi) is 8.13. The lowest BCUT2D eigenvalue weighted by atomic mass is 10.1. The minimum Gasteiger partial charge on any atom is -0.434 e. The van der Waals surface area contributed by atoms with Gasteiger partial charge in [-0.2, -0.15) is 8.78 Å². The zero-order chi connectivity index (χ0) is 20.5. The van der Waals surface area contributed by atoms with Crippen LogP contribution in [0.25, 0.3) is 0 Å². The number of alkyl halides is 2. The lowest BCUT2D eigenvalue weighted by Gasteiger charge is -2.15. The molecule has 0 amide bonds. The second-order valence-electron chi connectivity index (χ2n) is 6.43. The van der Waals surface area contributed by atoms with Crippen molar-refractivity contribution in [1.29, 1.82) is 0 Å². The highest BCUT2D eigenvalue weighted by Gasteiger charge is 2.10. The molecule has 2 N–H and O–H groups in total.